The highest BCUT2D eigenvalue weighted by Gasteiger charge is 2.08. The summed E-state index contributed by atoms with van der Waals surface area (Å²) >= 11 is 5.06. The Morgan fingerprint density at radius 2 is 2.04 bits per heavy atom. The van der Waals surface area contributed by atoms with Crippen LogP contribution in [0.1, 0.15) is 11.1 Å². The lowest BCUT2D eigenvalue weighted by molar-refractivity contribution is -0.384. The van der Waals surface area contributed by atoms with Gasteiger partial charge in [0.25, 0.3) is 5.69 Å². The Balaban J connectivity index is 1.90. The molecule has 0 spiro atoms. The largest absolute Gasteiger partial charge is 0.507 e. The molecule has 0 aliphatic heterocycles. The molecule has 0 heterocycles. The Morgan fingerprint density at radius 3 is 2.74 bits per heavy atom. The van der Waals surface area contributed by atoms with Crippen molar-refractivity contribution in [3.05, 3.63) is 69.8 Å². The number of nitro benzene ring substituents is 1. The smallest absolute Gasteiger partial charge is 0.270 e. The number of phenols is 1. The van der Waals surface area contributed by atoms with Crippen molar-refractivity contribution < 1.29 is 10.0 Å². The van der Waals surface area contributed by atoms with Crippen LogP contribution in [0.5, 0.6) is 5.75 Å². The number of phenolic OH excluding ortho intramolecular Hbond substituents is 1. The van der Waals surface area contributed by atoms with Gasteiger partial charge in [-0.05, 0) is 23.8 Å². The molecule has 0 aliphatic rings. The van der Waals surface area contributed by atoms with Gasteiger partial charge in [-0.25, -0.2) is 0 Å². The summed E-state index contributed by atoms with van der Waals surface area (Å²) in [4.78, 5) is 10.2. The molecule has 0 bridgehead atoms. The monoisotopic (exact) mass is 330 g/mol. The first-order chi connectivity index (χ1) is 11.1. The van der Waals surface area contributed by atoms with E-state index in [0.29, 0.717) is 11.7 Å². The number of hydrogen-bond acceptors (Lipinski definition) is 5. The number of hydrazone groups is 1. The van der Waals surface area contributed by atoms with E-state index in [1.807, 2.05) is 30.3 Å². The molecule has 0 radical (unpaired) electrons. The quantitative estimate of drug-likeness (QED) is 0.337. The maximum absolute atomic E-state index is 10.7. The molecule has 0 fully saturated rings. The molecule has 0 aromatic heterocycles. The molecular weight excluding hydrogens is 316 g/mol. The Hall–Kier alpha value is -3.00. The van der Waals surface area contributed by atoms with E-state index in [2.05, 4.69) is 15.8 Å². The zero-order chi connectivity index (χ0) is 16.7. The minimum atomic E-state index is -0.545. The molecule has 7 nitrogen and oxygen atoms in total. The van der Waals surface area contributed by atoms with E-state index in [1.165, 1.54) is 24.4 Å². The first-order valence-corrected chi connectivity index (χ1v) is 7.05. The summed E-state index contributed by atoms with van der Waals surface area (Å²) in [6.45, 7) is 0.546. The summed E-state index contributed by atoms with van der Waals surface area (Å²) in [5, 5.41) is 27.5. The molecule has 23 heavy (non-hydrogen) atoms. The standard InChI is InChI=1S/C15H14N4O3S/c20-14-7-6-13(19(21)22)8-12(14)10-17-18-15(23)16-9-11-4-2-1-3-5-11/h1-8,10,20H,9H2,(H2,16,18,23)/b17-10+. The van der Waals surface area contributed by atoms with Crippen LogP contribution in [0.3, 0.4) is 0 Å². The number of thiocarbonyl (C=S) groups is 1. The number of non-ortho nitro benzene ring substituents is 1. The van der Waals surface area contributed by atoms with E-state index < -0.39 is 4.92 Å². The Bertz CT molecular complexity index is 735. The lowest BCUT2D eigenvalue weighted by Gasteiger charge is -2.06. The normalized spacial score (nSPS) is 10.4. The minimum Gasteiger partial charge on any atom is -0.507 e. The van der Waals surface area contributed by atoms with E-state index in [-0.39, 0.29) is 17.0 Å². The van der Waals surface area contributed by atoms with Gasteiger partial charge in [0.2, 0.25) is 0 Å². The van der Waals surface area contributed by atoms with Crippen molar-refractivity contribution in [2.24, 2.45) is 5.10 Å². The van der Waals surface area contributed by atoms with Gasteiger partial charge < -0.3 is 10.4 Å². The number of nitro groups is 1. The van der Waals surface area contributed by atoms with Crippen LogP contribution in [0.4, 0.5) is 5.69 Å². The highest BCUT2D eigenvalue weighted by Crippen LogP contribution is 2.21. The molecule has 0 saturated heterocycles. The zero-order valence-corrected chi connectivity index (χ0v) is 12.8. The summed E-state index contributed by atoms with van der Waals surface area (Å²) in [6.07, 6.45) is 1.26. The number of nitrogens with one attached hydrogen (secondary N) is 2. The zero-order valence-electron chi connectivity index (χ0n) is 12.0. The Morgan fingerprint density at radius 1 is 1.30 bits per heavy atom. The molecule has 0 unspecified atom stereocenters. The lowest BCUT2D eigenvalue weighted by atomic mass is 10.2. The summed E-state index contributed by atoms with van der Waals surface area (Å²) in [5.41, 5.74) is 3.74. The molecule has 0 aliphatic carbocycles. The van der Waals surface area contributed by atoms with Crippen molar-refractivity contribution in [2.75, 3.05) is 0 Å². The average molecular weight is 330 g/mol. The second kappa shape index (κ2) is 7.85. The first kappa shape index (κ1) is 16.4. The maximum atomic E-state index is 10.7. The fraction of sp³-hybridized carbons (Fsp3) is 0.0667. The van der Waals surface area contributed by atoms with Crippen LogP contribution in [0.25, 0.3) is 0 Å². The topological polar surface area (TPSA) is 99.8 Å². The van der Waals surface area contributed by atoms with Crippen LogP contribution in [-0.2, 0) is 6.54 Å². The van der Waals surface area contributed by atoms with Gasteiger partial charge in [0.1, 0.15) is 5.75 Å². The van der Waals surface area contributed by atoms with Crippen molar-refractivity contribution >= 4 is 29.2 Å². The van der Waals surface area contributed by atoms with Gasteiger partial charge in [-0.1, -0.05) is 30.3 Å². The third-order valence-electron chi connectivity index (χ3n) is 2.89. The van der Waals surface area contributed by atoms with Crippen LogP contribution >= 0.6 is 12.2 Å². The van der Waals surface area contributed by atoms with E-state index in [4.69, 9.17) is 12.2 Å². The van der Waals surface area contributed by atoms with Crippen LogP contribution in [-0.4, -0.2) is 21.4 Å². The molecule has 2 aromatic carbocycles. The molecule has 118 valence electrons. The summed E-state index contributed by atoms with van der Waals surface area (Å²) in [7, 11) is 0. The number of hydrogen-bond donors (Lipinski definition) is 3. The van der Waals surface area contributed by atoms with Crippen LogP contribution in [0.15, 0.2) is 53.6 Å². The lowest BCUT2D eigenvalue weighted by Crippen LogP contribution is -2.31. The van der Waals surface area contributed by atoms with E-state index in [1.54, 1.807) is 0 Å². The summed E-state index contributed by atoms with van der Waals surface area (Å²) in [6, 6.07) is 13.4. The van der Waals surface area contributed by atoms with E-state index in [9.17, 15) is 15.2 Å². The number of nitrogens with zero attached hydrogens (tertiary/aromatic N) is 2. The molecule has 0 atom stereocenters. The van der Waals surface area contributed by atoms with Crippen LogP contribution in [0, 0.1) is 10.1 Å². The first-order valence-electron chi connectivity index (χ1n) is 6.64. The molecule has 3 N–H and O–H groups in total. The van der Waals surface area contributed by atoms with Gasteiger partial charge in [0.05, 0.1) is 11.1 Å². The van der Waals surface area contributed by atoms with E-state index in [0.717, 1.165) is 5.56 Å². The SMILES string of the molecule is O=[N+]([O-])c1ccc(O)c(/C=N/NC(=S)NCc2ccccc2)c1. The summed E-state index contributed by atoms with van der Waals surface area (Å²) < 4.78 is 0. The van der Waals surface area contributed by atoms with Gasteiger partial charge in [0, 0.05) is 24.2 Å². The second-order valence-electron chi connectivity index (χ2n) is 4.54. The van der Waals surface area contributed by atoms with Crippen molar-refractivity contribution in [1.29, 1.82) is 0 Å². The number of benzene rings is 2. The third-order valence-corrected chi connectivity index (χ3v) is 3.12. The van der Waals surface area contributed by atoms with Gasteiger partial charge in [-0.3, -0.25) is 15.5 Å². The van der Waals surface area contributed by atoms with Crippen molar-refractivity contribution in [2.45, 2.75) is 6.54 Å². The second-order valence-corrected chi connectivity index (χ2v) is 4.95. The molecule has 0 saturated carbocycles. The Labute approximate surface area is 137 Å². The van der Waals surface area contributed by atoms with Gasteiger partial charge in [0.15, 0.2) is 5.11 Å². The van der Waals surface area contributed by atoms with Crippen molar-refractivity contribution in [3.63, 3.8) is 0 Å². The molecule has 8 heteroatoms. The number of aromatic hydroxyl groups is 1. The fourth-order valence-corrected chi connectivity index (χ4v) is 1.86. The molecule has 2 aromatic rings. The van der Waals surface area contributed by atoms with Crippen molar-refractivity contribution in [3.8, 4) is 5.75 Å². The van der Waals surface area contributed by atoms with Crippen LogP contribution < -0.4 is 10.7 Å². The highest BCUT2D eigenvalue weighted by atomic mass is 32.1. The van der Waals surface area contributed by atoms with E-state index >= 15 is 0 Å². The minimum absolute atomic E-state index is 0.107. The molecular formula is C15H14N4O3S. The molecule has 2 rings (SSSR count). The Kier molecular flexibility index (Phi) is 5.59. The highest BCUT2D eigenvalue weighted by molar-refractivity contribution is 7.80. The average Bonchev–Trinajstić information content (AvgIpc) is 2.55. The predicted molar refractivity (Wildman–Crippen MR) is 91.4 cm³/mol. The predicted octanol–water partition coefficient (Wildman–Crippen LogP) is 2.30. The fourth-order valence-electron chi connectivity index (χ4n) is 1.74. The van der Waals surface area contributed by atoms with Gasteiger partial charge >= 0.3 is 0 Å². The third kappa shape index (κ3) is 5.04. The number of rotatable bonds is 5. The van der Waals surface area contributed by atoms with Crippen LogP contribution in [0.2, 0.25) is 0 Å². The van der Waals surface area contributed by atoms with Gasteiger partial charge in [-0.2, -0.15) is 5.10 Å². The maximum Gasteiger partial charge on any atom is 0.270 e. The van der Waals surface area contributed by atoms with Gasteiger partial charge in [-0.15, -0.1) is 0 Å². The summed E-state index contributed by atoms with van der Waals surface area (Å²) in [5.74, 6) is -0.107. The van der Waals surface area contributed by atoms with Crippen molar-refractivity contribution in [1.82, 2.24) is 10.7 Å². The molecule has 0 amide bonds.